The summed E-state index contributed by atoms with van der Waals surface area (Å²) in [6.45, 7) is 0. The minimum atomic E-state index is -9.17. The average molecular weight is 872 g/mol. The number of halogens is 25. The SMILES string of the molecule is FC(F)(F)C(F)(F)C(F)(F)C(F)(F)C(F)(F)C(F)(F)C(F)(F)C(F)(F)C(F)(F)C(F)(F)c1ccccc1I.O=S(=O)(O)C(F)(F)F. The molecule has 0 unspecified atom stereocenters. The Morgan fingerprint density at radius 2 is 0.696 bits per heavy atom. The van der Waals surface area contributed by atoms with Gasteiger partial charge in [-0.1, -0.05) is 18.2 Å². The lowest BCUT2D eigenvalue weighted by Gasteiger charge is -2.44. The third-order valence-electron chi connectivity index (χ3n) is 5.02. The van der Waals surface area contributed by atoms with E-state index in [0.717, 1.165) is 6.07 Å². The molecule has 46 heavy (non-hydrogen) atoms. The zero-order valence-corrected chi connectivity index (χ0v) is 22.9. The maximum absolute atomic E-state index is 14.1. The highest BCUT2D eigenvalue weighted by atomic mass is 127. The van der Waals surface area contributed by atoms with Crippen LogP contribution in [0.4, 0.5) is 105 Å². The molecule has 0 aliphatic heterocycles. The number of rotatable bonds is 9. The molecule has 0 aromatic heterocycles. The molecule has 0 bridgehead atoms. The van der Waals surface area contributed by atoms with Crippen molar-refractivity contribution >= 4 is 32.7 Å². The Morgan fingerprint density at radius 1 is 0.457 bits per heavy atom. The molecule has 0 fully saturated rings. The van der Waals surface area contributed by atoms with Crippen LogP contribution in [-0.4, -0.2) is 72.0 Å². The number of alkyl halides is 24. The van der Waals surface area contributed by atoms with Crippen LogP contribution in [0.3, 0.4) is 0 Å². The van der Waals surface area contributed by atoms with E-state index in [9.17, 15) is 105 Å². The quantitative estimate of drug-likeness (QED) is 0.117. The fraction of sp³-hybridized carbons (Fsp3) is 0.647. The fourth-order valence-electron chi connectivity index (χ4n) is 2.44. The smallest absolute Gasteiger partial charge is 0.279 e. The first kappa shape index (κ1) is 44.2. The first-order chi connectivity index (χ1) is 19.5. The highest BCUT2D eigenvalue weighted by Crippen LogP contribution is 2.67. The topological polar surface area (TPSA) is 54.4 Å². The van der Waals surface area contributed by atoms with Crippen LogP contribution in [0, 0.1) is 3.57 Å². The van der Waals surface area contributed by atoms with E-state index in [0.29, 0.717) is 34.7 Å². The van der Waals surface area contributed by atoms with Crippen molar-refractivity contribution in [2.75, 3.05) is 0 Å². The molecule has 0 radical (unpaired) electrons. The van der Waals surface area contributed by atoms with Gasteiger partial charge in [-0.2, -0.15) is 114 Å². The van der Waals surface area contributed by atoms with Crippen molar-refractivity contribution in [3.63, 3.8) is 0 Å². The second kappa shape index (κ2) is 11.9. The van der Waals surface area contributed by atoms with Gasteiger partial charge >= 0.3 is 75.1 Å². The van der Waals surface area contributed by atoms with E-state index in [4.69, 9.17) is 13.0 Å². The Labute approximate surface area is 249 Å². The van der Waals surface area contributed by atoms with Crippen LogP contribution in [0.2, 0.25) is 0 Å². The van der Waals surface area contributed by atoms with Crippen LogP contribution in [0.1, 0.15) is 5.56 Å². The molecule has 1 aromatic rings. The van der Waals surface area contributed by atoms with Crippen molar-refractivity contribution in [2.45, 2.75) is 65.0 Å². The van der Waals surface area contributed by atoms with Gasteiger partial charge in [0.05, 0.1) is 0 Å². The first-order valence-electron chi connectivity index (χ1n) is 9.77. The maximum atomic E-state index is 14.1. The van der Waals surface area contributed by atoms with Crippen molar-refractivity contribution in [3.8, 4) is 0 Å². The normalized spacial score (nSPS) is 15.8. The second-order valence-electron chi connectivity index (χ2n) is 8.07. The lowest BCUT2D eigenvalue weighted by atomic mass is 9.85. The van der Waals surface area contributed by atoms with E-state index in [1.165, 1.54) is 0 Å². The summed E-state index contributed by atoms with van der Waals surface area (Å²) in [6.07, 6.45) is -8.00. The van der Waals surface area contributed by atoms with Gasteiger partial charge in [0.25, 0.3) is 0 Å². The van der Waals surface area contributed by atoms with Gasteiger partial charge in [0.2, 0.25) is 0 Å². The summed E-state index contributed by atoms with van der Waals surface area (Å²) < 4.78 is 337. The van der Waals surface area contributed by atoms with Crippen molar-refractivity contribution in [1.29, 1.82) is 0 Å². The van der Waals surface area contributed by atoms with Crippen LogP contribution in [0.15, 0.2) is 24.3 Å². The summed E-state index contributed by atoms with van der Waals surface area (Å²) in [7, 11) is -5.84. The zero-order valence-electron chi connectivity index (χ0n) is 19.9. The molecule has 0 saturated carbocycles. The lowest BCUT2D eigenvalue weighted by Crippen LogP contribution is -2.76. The largest absolute Gasteiger partial charge is 0.522 e. The summed E-state index contributed by atoms with van der Waals surface area (Å²) in [5.41, 5.74) is -7.90. The molecule has 1 aromatic carbocycles. The number of benzene rings is 1. The van der Waals surface area contributed by atoms with Gasteiger partial charge in [-0.15, -0.1) is 0 Å². The summed E-state index contributed by atoms with van der Waals surface area (Å²) >= 11 is 0.677. The van der Waals surface area contributed by atoms with Crippen LogP contribution < -0.4 is 0 Å². The molecular weight excluding hydrogens is 867 g/mol. The molecule has 0 aliphatic rings. The monoisotopic (exact) mass is 872 g/mol. The molecular formula is C17H5F24IO3S. The van der Waals surface area contributed by atoms with Crippen molar-refractivity contribution in [1.82, 2.24) is 0 Å². The molecule has 0 atom stereocenters. The predicted octanol–water partition coefficient (Wildman–Crippen LogP) is 9.42. The summed E-state index contributed by atoms with van der Waals surface area (Å²) in [5, 5.41) is 0. The third-order valence-corrected chi connectivity index (χ3v) is 6.54. The molecule has 1 rings (SSSR count). The Morgan fingerprint density at radius 3 is 0.935 bits per heavy atom. The van der Waals surface area contributed by atoms with Gasteiger partial charge in [0.15, 0.2) is 0 Å². The van der Waals surface area contributed by atoms with Crippen molar-refractivity contribution < 1.29 is 118 Å². The van der Waals surface area contributed by atoms with E-state index in [1.54, 1.807) is 0 Å². The van der Waals surface area contributed by atoms with E-state index >= 15 is 0 Å². The van der Waals surface area contributed by atoms with Crippen molar-refractivity contribution in [3.05, 3.63) is 33.4 Å². The fourth-order valence-corrected chi connectivity index (χ4v) is 3.17. The molecule has 0 amide bonds. The standard InChI is InChI=1S/C16H4F21I.CHF3O3S/c17-7(18,5-3-1-2-4-6(5)38)8(19,20)9(21,22)10(23,24)11(25,26)12(27,28)13(29,30)14(31,32)15(33,34)16(35,36)37;2-1(3,4)8(5,6)7/h1-4H;(H,5,6,7). The second-order valence-corrected chi connectivity index (χ2v) is 10.6. The Balaban J connectivity index is 0.00000222. The molecule has 0 spiro atoms. The summed E-state index contributed by atoms with van der Waals surface area (Å²) in [4.78, 5) is 0. The van der Waals surface area contributed by atoms with Crippen LogP contribution >= 0.6 is 22.6 Å². The first-order valence-corrected chi connectivity index (χ1v) is 12.3. The van der Waals surface area contributed by atoms with Crippen LogP contribution in [0.25, 0.3) is 0 Å². The Bertz CT molecular complexity index is 1350. The van der Waals surface area contributed by atoms with Gasteiger partial charge in [-0.05, 0) is 28.7 Å². The van der Waals surface area contributed by atoms with E-state index in [2.05, 4.69) is 0 Å². The minimum Gasteiger partial charge on any atom is -0.279 e. The molecule has 1 N–H and O–H groups in total. The average Bonchev–Trinajstić information content (AvgIpc) is 2.81. The molecule has 3 nitrogen and oxygen atoms in total. The highest BCUT2D eigenvalue weighted by Gasteiger charge is 2.97. The van der Waals surface area contributed by atoms with Crippen LogP contribution in [0.5, 0.6) is 0 Å². The highest BCUT2D eigenvalue weighted by molar-refractivity contribution is 14.1. The number of hydrogen-bond donors (Lipinski definition) is 1. The van der Waals surface area contributed by atoms with Crippen LogP contribution in [-0.2, 0) is 16.0 Å². The summed E-state index contributed by atoms with van der Waals surface area (Å²) in [5.74, 6) is -77.0. The van der Waals surface area contributed by atoms with Crippen molar-refractivity contribution in [2.24, 2.45) is 0 Å². The van der Waals surface area contributed by atoms with E-state index in [1.807, 2.05) is 0 Å². The van der Waals surface area contributed by atoms with Gasteiger partial charge in [0.1, 0.15) is 0 Å². The van der Waals surface area contributed by atoms with Gasteiger partial charge in [-0.3, -0.25) is 4.55 Å². The van der Waals surface area contributed by atoms with E-state index < -0.39 is 84.2 Å². The van der Waals surface area contributed by atoms with Gasteiger partial charge in [0, 0.05) is 9.13 Å². The molecule has 29 heteroatoms. The van der Waals surface area contributed by atoms with Gasteiger partial charge in [-0.25, -0.2) is 0 Å². The minimum absolute atomic E-state index is 0.204. The Hall–Kier alpha value is -1.82. The maximum Gasteiger partial charge on any atom is 0.522 e. The molecule has 0 heterocycles. The molecule has 0 aliphatic carbocycles. The van der Waals surface area contributed by atoms with E-state index in [-0.39, 0.29) is 6.07 Å². The van der Waals surface area contributed by atoms with Gasteiger partial charge < -0.3 is 0 Å². The molecule has 272 valence electrons. The number of hydrogen-bond acceptors (Lipinski definition) is 2. The zero-order chi connectivity index (χ0) is 38.0. The molecule has 0 saturated heterocycles. The summed E-state index contributed by atoms with van der Waals surface area (Å²) in [6, 6.07) is 1.29. The lowest BCUT2D eigenvalue weighted by molar-refractivity contribution is -0.474. The Kier molecular flexibility index (Phi) is 11.5. The third kappa shape index (κ3) is 6.47. The predicted molar refractivity (Wildman–Crippen MR) is 106 cm³/mol.